The molecule has 1 aromatic carbocycles. The van der Waals surface area contributed by atoms with Crippen molar-refractivity contribution in [3.05, 3.63) is 65.4 Å². The zero-order valence-corrected chi connectivity index (χ0v) is 20.4. The summed E-state index contributed by atoms with van der Waals surface area (Å²) in [4.78, 5) is 26.7. The van der Waals surface area contributed by atoms with E-state index in [0.29, 0.717) is 24.1 Å². The number of β-amino-alcohol motifs (C(OH)–C–C–N with tert-alkyl or cyclic N) is 1. The van der Waals surface area contributed by atoms with Crippen LogP contribution in [0.15, 0.2) is 42.6 Å². The number of anilines is 1. The predicted molar refractivity (Wildman–Crippen MR) is 134 cm³/mol. The number of fused-ring (bicyclic) bond motifs is 2. The van der Waals surface area contributed by atoms with E-state index in [9.17, 15) is 14.3 Å². The van der Waals surface area contributed by atoms with Gasteiger partial charge in [-0.2, -0.15) is 5.10 Å². The number of piperidine rings is 1. The average molecular weight is 489 g/mol. The number of hydrogen-bond donors (Lipinski definition) is 1. The Labute approximate surface area is 208 Å². The van der Waals surface area contributed by atoms with Crippen molar-refractivity contribution < 1.29 is 14.3 Å². The number of pyridine rings is 1. The lowest BCUT2D eigenvalue weighted by Gasteiger charge is -2.34. The molecule has 0 unspecified atom stereocenters. The van der Waals surface area contributed by atoms with Gasteiger partial charge in [-0.25, -0.2) is 18.9 Å². The SMILES string of the molecule is Cc1cn2nc([C@@H]3CCCCN3C(=O)c3ccc4cccc(F)c4n3)cc2nc1N1C[C@@H](C)[C@@H](O)C1. The van der Waals surface area contributed by atoms with E-state index >= 15 is 0 Å². The summed E-state index contributed by atoms with van der Waals surface area (Å²) in [5.74, 6) is 0.403. The van der Waals surface area contributed by atoms with Gasteiger partial charge in [0, 0.05) is 48.8 Å². The number of carbonyl (C=O) groups excluding carboxylic acids is 1. The summed E-state index contributed by atoms with van der Waals surface area (Å²) in [5.41, 5.74) is 2.93. The maximum atomic E-state index is 14.3. The van der Waals surface area contributed by atoms with Crippen LogP contribution < -0.4 is 4.90 Å². The predicted octanol–water partition coefficient (Wildman–Crippen LogP) is 3.91. The highest BCUT2D eigenvalue weighted by Gasteiger charge is 2.33. The van der Waals surface area contributed by atoms with E-state index in [4.69, 9.17) is 10.1 Å². The maximum Gasteiger partial charge on any atom is 0.273 e. The topological polar surface area (TPSA) is 86.9 Å². The first-order valence-corrected chi connectivity index (χ1v) is 12.6. The largest absolute Gasteiger partial charge is 0.391 e. The number of carbonyl (C=O) groups is 1. The number of rotatable bonds is 3. The molecule has 0 spiro atoms. The Balaban J connectivity index is 1.33. The molecule has 9 heteroatoms. The molecule has 0 saturated carbocycles. The van der Waals surface area contributed by atoms with Crippen molar-refractivity contribution in [1.82, 2.24) is 24.5 Å². The quantitative estimate of drug-likeness (QED) is 0.471. The van der Waals surface area contributed by atoms with Crippen molar-refractivity contribution >= 4 is 28.3 Å². The Morgan fingerprint density at radius 1 is 1.14 bits per heavy atom. The van der Waals surface area contributed by atoms with E-state index < -0.39 is 5.82 Å². The smallest absolute Gasteiger partial charge is 0.273 e. The zero-order chi connectivity index (χ0) is 25.0. The molecule has 3 atom stereocenters. The first-order chi connectivity index (χ1) is 17.4. The van der Waals surface area contributed by atoms with E-state index in [1.807, 2.05) is 31.0 Å². The summed E-state index contributed by atoms with van der Waals surface area (Å²) < 4.78 is 16.1. The van der Waals surface area contributed by atoms with Crippen molar-refractivity contribution in [2.75, 3.05) is 24.5 Å². The average Bonchev–Trinajstić information content (AvgIpc) is 3.45. The van der Waals surface area contributed by atoms with Gasteiger partial charge in [0.15, 0.2) is 5.65 Å². The van der Waals surface area contributed by atoms with E-state index in [0.717, 1.165) is 42.9 Å². The number of aliphatic hydroxyl groups is 1. The van der Waals surface area contributed by atoms with Crippen molar-refractivity contribution in [3.63, 3.8) is 0 Å². The number of para-hydroxylation sites is 1. The van der Waals surface area contributed by atoms with Gasteiger partial charge in [0.2, 0.25) is 0 Å². The fourth-order valence-electron chi connectivity index (χ4n) is 5.48. The second-order valence-corrected chi connectivity index (χ2v) is 10.1. The number of halogens is 1. The normalized spacial score (nSPS) is 22.6. The van der Waals surface area contributed by atoms with Gasteiger partial charge < -0.3 is 14.9 Å². The molecule has 6 rings (SSSR count). The second kappa shape index (κ2) is 8.81. The lowest BCUT2D eigenvalue weighted by Crippen LogP contribution is -2.39. The summed E-state index contributed by atoms with van der Waals surface area (Å²) in [5, 5.41) is 15.7. The molecule has 2 aliphatic rings. The van der Waals surface area contributed by atoms with Crippen LogP contribution in [0.25, 0.3) is 16.6 Å². The van der Waals surface area contributed by atoms with Gasteiger partial charge >= 0.3 is 0 Å². The van der Waals surface area contributed by atoms with E-state index in [-0.39, 0.29) is 35.2 Å². The number of aromatic nitrogens is 4. The highest BCUT2D eigenvalue weighted by atomic mass is 19.1. The number of likely N-dealkylation sites (tertiary alicyclic amines) is 1. The molecule has 0 radical (unpaired) electrons. The lowest BCUT2D eigenvalue weighted by molar-refractivity contribution is 0.0600. The molecule has 0 bridgehead atoms. The Kier molecular flexibility index (Phi) is 5.59. The minimum atomic E-state index is -0.435. The summed E-state index contributed by atoms with van der Waals surface area (Å²) >= 11 is 0. The van der Waals surface area contributed by atoms with Gasteiger partial charge in [-0.15, -0.1) is 0 Å². The van der Waals surface area contributed by atoms with E-state index in [1.165, 1.54) is 6.07 Å². The number of benzene rings is 1. The van der Waals surface area contributed by atoms with Crippen LogP contribution in [0.4, 0.5) is 10.2 Å². The van der Waals surface area contributed by atoms with Crippen LogP contribution in [0.1, 0.15) is 54.0 Å². The molecule has 2 fully saturated rings. The number of aliphatic hydroxyl groups excluding tert-OH is 1. The van der Waals surface area contributed by atoms with Crippen molar-refractivity contribution in [2.24, 2.45) is 5.92 Å². The van der Waals surface area contributed by atoms with Gasteiger partial charge in [0.1, 0.15) is 22.8 Å². The molecule has 4 aromatic rings. The number of aryl methyl sites for hydroxylation is 1. The number of amides is 1. The Morgan fingerprint density at radius 3 is 2.81 bits per heavy atom. The van der Waals surface area contributed by atoms with Crippen molar-refractivity contribution in [2.45, 2.75) is 45.3 Å². The van der Waals surface area contributed by atoms with Gasteiger partial charge in [-0.05, 0) is 38.3 Å². The fourth-order valence-corrected chi connectivity index (χ4v) is 5.48. The molecule has 186 valence electrons. The second-order valence-electron chi connectivity index (χ2n) is 10.1. The van der Waals surface area contributed by atoms with Crippen molar-refractivity contribution in [1.29, 1.82) is 0 Å². The standard InChI is InChI=1S/C27H29FN6O2/c1-16-13-32(15-23(16)35)26-17(2)14-34-24(30-26)12-21(31-34)22-8-3-4-11-33(22)27(36)20-10-9-18-6-5-7-19(28)25(18)29-20/h5-7,9-10,12,14,16,22-23,35H,3-4,8,11,13,15H2,1-2H3/t16-,22+,23+/m1/s1. The van der Waals surface area contributed by atoms with Crippen LogP contribution in [0, 0.1) is 18.7 Å². The molecular weight excluding hydrogens is 459 g/mol. The maximum absolute atomic E-state index is 14.3. The molecule has 3 aromatic heterocycles. The molecule has 1 amide bonds. The molecule has 2 saturated heterocycles. The first-order valence-electron chi connectivity index (χ1n) is 12.6. The summed E-state index contributed by atoms with van der Waals surface area (Å²) in [7, 11) is 0. The lowest BCUT2D eigenvalue weighted by atomic mass is 9.98. The zero-order valence-electron chi connectivity index (χ0n) is 20.4. The van der Waals surface area contributed by atoms with Crippen LogP contribution in [0.3, 0.4) is 0 Å². The molecule has 36 heavy (non-hydrogen) atoms. The Hall–Kier alpha value is -3.59. The Morgan fingerprint density at radius 2 is 2.00 bits per heavy atom. The molecule has 5 heterocycles. The van der Waals surface area contributed by atoms with Crippen LogP contribution in [0.2, 0.25) is 0 Å². The highest BCUT2D eigenvalue weighted by Crippen LogP contribution is 2.33. The molecule has 2 aliphatic heterocycles. The first kappa shape index (κ1) is 22.8. The van der Waals surface area contributed by atoms with Crippen LogP contribution >= 0.6 is 0 Å². The van der Waals surface area contributed by atoms with E-state index in [1.54, 1.807) is 28.8 Å². The minimum absolute atomic E-state index is 0.196. The molecule has 1 N–H and O–H groups in total. The third-order valence-electron chi connectivity index (χ3n) is 7.49. The third kappa shape index (κ3) is 3.87. The van der Waals surface area contributed by atoms with Crippen LogP contribution in [-0.4, -0.2) is 61.2 Å². The van der Waals surface area contributed by atoms with Crippen LogP contribution in [0.5, 0.6) is 0 Å². The monoisotopic (exact) mass is 488 g/mol. The van der Waals surface area contributed by atoms with E-state index in [2.05, 4.69) is 9.88 Å². The van der Waals surface area contributed by atoms with Gasteiger partial charge in [-0.1, -0.05) is 25.1 Å². The fraction of sp³-hybridized carbons (Fsp3) is 0.407. The third-order valence-corrected chi connectivity index (χ3v) is 7.49. The highest BCUT2D eigenvalue weighted by molar-refractivity contribution is 5.95. The summed E-state index contributed by atoms with van der Waals surface area (Å²) in [6.07, 6.45) is 4.28. The van der Waals surface area contributed by atoms with Gasteiger partial charge in [0.25, 0.3) is 5.91 Å². The van der Waals surface area contributed by atoms with Gasteiger partial charge in [0.05, 0.1) is 17.8 Å². The summed E-state index contributed by atoms with van der Waals surface area (Å²) in [6, 6.07) is 9.93. The van der Waals surface area contributed by atoms with Gasteiger partial charge in [-0.3, -0.25) is 4.79 Å². The Bertz CT molecular complexity index is 1460. The summed E-state index contributed by atoms with van der Waals surface area (Å²) in [6.45, 7) is 5.96. The number of nitrogens with zero attached hydrogens (tertiary/aromatic N) is 6. The molecular formula is C27H29FN6O2. The van der Waals surface area contributed by atoms with Crippen LogP contribution in [-0.2, 0) is 0 Å². The molecule has 0 aliphatic carbocycles. The molecule has 8 nitrogen and oxygen atoms in total. The number of hydrogen-bond acceptors (Lipinski definition) is 6. The minimum Gasteiger partial charge on any atom is -0.391 e. The van der Waals surface area contributed by atoms with Crippen molar-refractivity contribution in [3.8, 4) is 0 Å².